The molecule has 0 saturated heterocycles. The Morgan fingerprint density at radius 2 is 1.59 bits per heavy atom. The first kappa shape index (κ1) is 25.2. The molecule has 2 amide bonds. The molecule has 8 heteroatoms. The van der Waals surface area contributed by atoms with Gasteiger partial charge in [-0.05, 0) is 41.5 Å². The SMILES string of the molecule is COC(C)C(NC(=O)CCC(C)CNC(=O)OCC1c2ccccc2-c2ccccc21)C(=O)O. The molecule has 3 unspecified atom stereocenters. The van der Waals surface area contributed by atoms with Crippen molar-refractivity contribution in [2.24, 2.45) is 5.92 Å². The van der Waals surface area contributed by atoms with Gasteiger partial charge in [0.2, 0.25) is 5.91 Å². The standard InChI is InChI=1S/C26H32N2O6/c1-16(12-13-23(29)28-24(25(30)31)17(2)33-3)14-27-26(32)34-15-22-20-10-6-4-8-18(20)19-9-5-7-11-21(19)22/h4-11,16-17,22,24H,12-15H2,1-3H3,(H,27,32)(H,28,29)(H,30,31). The van der Waals surface area contributed by atoms with Gasteiger partial charge in [0, 0.05) is 26.0 Å². The minimum absolute atomic E-state index is 0.00376. The van der Waals surface area contributed by atoms with Crippen LogP contribution in [0.4, 0.5) is 4.79 Å². The Morgan fingerprint density at radius 3 is 2.15 bits per heavy atom. The number of carbonyl (C=O) groups excluding carboxylic acids is 2. The highest BCUT2D eigenvalue weighted by Gasteiger charge is 2.29. The number of hydrogen-bond donors (Lipinski definition) is 3. The highest BCUT2D eigenvalue weighted by Crippen LogP contribution is 2.44. The fraction of sp³-hybridized carbons (Fsp3) is 0.423. The average Bonchev–Trinajstić information content (AvgIpc) is 3.16. The third kappa shape index (κ3) is 6.14. The van der Waals surface area contributed by atoms with Crippen molar-refractivity contribution in [1.82, 2.24) is 10.6 Å². The molecule has 1 aliphatic rings. The highest BCUT2D eigenvalue weighted by atomic mass is 16.5. The summed E-state index contributed by atoms with van der Waals surface area (Å²) in [7, 11) is 1.39. The number of methoxy groups -OCH3 is 1. The molecule has 2 aromatic carbocycles. The normalized spacial score (nSPS) is 14.9. The minimum atomic E-state index is -1.15. The van der Waals surface area contributed by atoms with E-state index in [2.05, 4.69) is 34.9 Å². The molecule has 1 aliphatic carbocycles. The molecule has 2 aromatic rings. The third-order valence-corrected chi connectivity index (χ3v) is 6.23. The van der Waals surface area contributed by atoms with Crippen molar-refractivity contribution < 1.29 is 29.0 Å². The van der Waals surface area contributed by atoms with E-state index in [0.717, 1.165) is 11.1 Å². The van der Waals surface area contributed by atoms with E-state index in [4.69, 9.17) is 9.47 Å². The minimum Gasteiger partial charge on any atom is -0.480 e. The fourth-order valence-electron chi connectivity index (χ4n) is 4.15. The molecule has 182 valence electrons. The Labute approximate surface area is 199 Å². The van der Waals surface area contributed by atoms with Crippen LogP contribution in [0.3, 0.4) is 0 Å². The second-order valence-corrected chi connectivity index (χ2v) is 8.67. The lowest BCUT2D eigenvalue weighted by atomic mass is 9.98. The van der Waals surface area contributed by atoms with Gasteiger partial charge >= 0.3 is 12.1 Å². The van der Waals surface area contributed by atoms with E-state index in [1.807, 2.05) is 31.2 Å². The largest absolute Gasteiger partial charge is 0.480 e. The molecule has 0 saturated carbocycles. The number of amides is 2. The number of carbonyl (C=O) groups is 3. The van der Waals surface area contributed by atoms with Crippen molar-refractivity contribution in [1.29, 1.82) is 0 Å². The van der Waals surface area contributed by atoms with Crippen LogP contribution >= 0.6 is 0 Å². The van der Waals surface area contributed by atoms with Gasteiger partial charge < -0.3 is 25.2 Å². The number of nitrogens with one attached hydrogen (secondary N) is 2. The summed E-state index contributed by atoms with van der Waals surface area (Å²) in [6.45, 7) is 4.08. The van der Waals surface area contributed by atoms with Crippen LogP contribution in [0.2, 0.25) is 0 Å². The van der Waals surface area contributed by atoms with E-state index >= 15 is 0 Å². The lowest BCUT2D eigenvalue weighted by molar-refractivity contribution is -0.145. The lowest BCUT2D eigenvalue weighted by Crippen LogP contribution is -2.48. The number of rotatable bonds is 11. The molecule has 3 rings (SSSR count). The summed E-state index contributed by atoms with van der Waals surface area (Å²) in [6.07, 6.45) is -0.510. The first-order valence-electron chi connectivity index (χ1n) is 11.5. The van der Waals surface area contributed by atoms with Crippen molar-refractivity contribution in [3.63, 3.8) is 0 Å². The molecule has 8 nitrogen and oxygen atoms in total. The average molecular weight is 469 g/mol. The monoisotopic (exact) mass is 468 g/mol. The Hall–Kier alpha value is -3.39. The van der Waals surface area contributed by atoms with Crippen LogP contribution in [-0.4, -0.2) is 55.5 Å². The number of hydrogen-bond acceptors (Lipinski definition) is 5. The zero-order chi connectivity index (χ0) is 24.7. The lowest BCUT2D eigenvalue weighted by Gasteiger charge is -2.20. The maximum absolute atomic E-state index is 12.3. The summed E-state index contributed by atoms with van der Waals surface area (Å²) in [5.41, 5.74) is 4.64. The zero-order valence-corrected chi connectivity index (χ0v) is 19.7. The van der Waals surface area contributed by atoms with Gasteiger partial charge in [0.15, 0.2) is 6.04 Å². The van der Waals surface area contributed by atoms with Crippen molar-refractivity contribution in [2.75, 3.05) is 20.3 Å². The zero-order valence-electron chi connectivity index (χ0n) is 19.7. The van der Waals surface area contributed by atoms with Gasteiger partial charge in [-0.25, -0.2) is 9.59 Å². The first-order valence-corrected chi connectivity index (χ1v) is 11.5. The highest BCUT2D eigenvalue weighted by molar-refractivity contribution is 5.84. The summed E-state index contributed by atoms with van der Waals surface area (Å²) >= 11 is 0. The van der Waals surface area contributed by atoms with E-state index in [1.165, 1.54) is 18.2 Å². The van der Waals surface area contributed by atoms with Gasteiger partial charge in [0.05, 0.1) is 6.10 Å². The number of carboxylic acid groups (broad SMARTS) is 1. The number of carboxylic acids is 1. The summed E-state index contributed by atoms with van der Waals surface area (Å²) in [5.74, 6) is -1.51. The number of alkyl carbamates (subject to hydrolysis) is 1. The molecule has 0 heterocycles. The van der Waals surface area contributed by atoms with Crippen molar-refractivity contribution in [2.45, 2.75) is 44.8 Å². The van der Waals surface area contributed by atoms with Crippen molar-refractivity contribution >= 4 is 18.0 Å². The molecule has 3 N–H and O–H groups in total. The fourth-order valence-corrected chi connectivity index (χ4v) is 4.15. The van der Waals surface area contributed by atoms with Gasteiger partial charge in [-0.3, -0.25) is 4.79 Å². The van der Waals surface area contributed by atoms with E-state index in [0.29, 0.717) is 13.0 Å². The van der Waals surface area contributed by atoms with E-state index in [1.54, 1.807) is 6.92 Å². The van der Waals surface area contributed by atoms with Gasteiger partial charge in [0.1, 0.15) is 6.61 Å². The number of benzene rings is 2. The predicted molar refractivity (Wildman–Crippen MR) is 128 cm³/mol. The Kier molecular flexibility index (Phi) is 8.65. The van der Waals surface area contributed by atoms with E-state index in [-0.39, 0.29) is 30.8 Å². The van der Waals surface area contributed by atoms with Crippen molar-refractivity contribution in [3.8, 4) is 11.1 Å². The quantitative estimate of drug-likeness (QED) is 0.465. The second kappa shape index (κ2) is 11.7. The summed E-state index contributed by atoms with van der Waals surface area (Å²) in [6, 6.07) is 15.2. The molecule has 0 spiro atoms. The Morgan fingerprint density at radius 1 is 1.00 bits per heavy atom. The van der Waals surface area contributed by atoms with Crippen LogP contribution in [0, 0.1) is 5.92 Å². The van der Waals surface area contributed by atoms with Gasteiger partial charge in [-0.1, -0.05) is 55.5 Å². The molecular weight excluding hydrogens is 436 g/mol. The summed E-state index contributed by atoms with van der Waals surface area (Å²) < 4.78 is 10.5. The first-order chi connectivity index (χ1) is 16.3. The summed E-state index contributed by atoms with van der Waals surface area (Å²) in [4.78, 5) is 35.7. The molecule has 0 aromatic heterocycles. The van der Waals surface area contributed by atoms with Gasteiger partial charge in [-0.2, -0.15) is 0 Å². The Bertz CT molecular complexity index is 978. The number of ether oxygens (including phenoxy) is 2. The van der Waals surface area contributed by atoms with E-state index in [9.17, 15) is 19.5 Å². The third-order valence-electron chi connectivity index (χ3n) is 6.23. The number of aliphatic carboxylic acids is 1. The molecule has 0 aliphatic heterocycles. The van der Waals surface area contributed by atoms with Crippen LogP contribution in [0.25, 0.3) is 11.1 Å². The molecule has 0 fully saturated rings. The van der Waals surface area contributed by atoms with Gasteiger partial charge in [0.25, 0.3) is 0 Å². The summed E-state index contributed by atoms with van der Waals surface area (Å²) in [5, 5.41) is 14.5. The van der Waals surface area contributed by atoms with Crippen LogP contribution in [0.15, 0.2) is 48.5 Å². The maximum Gasteiger partial charge on any atom is 0.407 e. The van der Waals surface area contributed by atoms with Crippen LogP contribution in [0.5, 0.6) is 0 Å². The molecule has 0 bridgehead atoms. The Balaban J connectivity index is 1.42. The molecule has 3 atom stereocenters. The molecule has 0 radical (unpaired) electrons. The van der Waals surface area contributed by atoms with E-state index < -0.39 is 24.2 Å². The smallest absolute Gasteiger partial charge is 0.407 e. The van der Waals surface area contributed by atoms with Crippen LogP contribution in [-0.2, 0) is 19.1 Å². The number of fused-ring (bicyclic) bond motifs is 3. The predicted octanol–water partition coefficient (Wildman–Crippen LogP) is 3.55. The maximum atomic E-state index is 12.3. The van der Waals surface area contributed by atoms with Crippen LogP contribution < -0.4 is 10.6 Å². The van der Waals surface area contributed by atoms with Crippen LogP contribution in [0.1, 0.15) is 43.7 Å². The molecular formula is C26H32N2O6. The van der Waals surface area contributed by atoms with Crippen molar-refractivity contribution in [3.05, 3.63) is 59.7 Å². The van der Waals surface area contributed by atoms with Gasteiger partial charge in [-0.15, -0.1) is 0 Å². The topological polar surface area (TPSA) is 114 Å². The second-order valence-electron chi connectivity index (χ2n) is 8.67. The molecule has 34 heavy (non-hydrogen) atoms.